The first kappa shape index (κ1) is 51.1. The van der Waals surface area contributed by atoms with E-state index < -0.39 is 74.2 Å². The third kappa shape index (κ3) is 24.0. The van der Waals surface area contributed by atoms with Crippen LogP contribution in [0.1, 0.15) is 175 Å². The van der Waals surface area contributed by atoms with E-state index in [1.54, 1.807) is 0 Å². The molecule has 1 heterocycles. The highest BCUT2D eigenvalue weighted by molar-refractivity contribution is 5.73. The molecule has 12 heteroatoms. The molecule has 9 atom stereocenters. The van der Waals surface area contributed by atoms with Gasteiger partial charge in [-0.2, -0.15) is 0 Å². The van der Waals surface area contributed by atoms with Crippen LogP contribution in [0.15, 0.2) is 0 Å². The molecule has 7 N–H and O–H groups in total. The molecule has 0 bridgehead atoms. The monoisotopic (exact) mass is 778 g/mol. The third-order valence-electron chi connectivity index (χ3n) is 10.6. The number of hydrogen-bond donors (Lipinski definition) is 7. The maximum Gasteiger partial charge on any atom is 0.217 e. The lowest BCUT2D eigenvalue weighted by Crippen LogP contribution is -2.65. The smallest absolute Gasteiger partial charge is 0.217 e. The molecule has 0 aliphatic carbocycles. The molecule has 54 heavy (non-hydrogen) atoms. The Balaban J connectivity index is 2.55. The van der Waals surface area contributed by atoms with Gasteiger partial charge in [0, 0.05) is 20.1 Å². The molecule has 1 rings (SSSR count). The largest absolute Gasteiger partial charge is 0.394 e. The Morgan fingerprint density at radius 2 is 1.07 bits per heavy atom. The zero-order valence-corrected chi connectivity index (χ0v) is 34.4. The first-order valence-electron chi connectivity index (χ1n) is 21.9. The van der Waals surface area contributed by atoms with Gasteiger partial charge < -0.3 is 54.9 Å². The van der Waals surface area contributed by atoms with Gasteiger partial charge in [-0.3, -0.25) is 4.79 Å². The first-order valence-corrected chi connectivity index (χ1v) is 21.9. The summed E-state index contributed by atoms with van der Waals surface area (Å²) in [6, 6.07) is -1.20. The zero-order chi connectivity index (χ0) is 39.8. The van der Waals surface area contributed by atoms with Crippen molar-refractivity contribution in [3.63, 3.8) is 0 Å². The van der Waals surface area contributed by atoms with Gasteiger partial charge in [-0.05, 0) is 12.8 Å². The van der Waals surface area contributed by atoms with Crippen molar-refractivity contribution >= 4 is 5.91 Å². The van der Waals surface area contributed by atoms with Crippen molar-refractivity contribution in [3.8, 4) is 0 Å². The minimum Gasteiger partial charge on any atom is -0.394 e. The number of carbonyl (C=O) groups excluding carboxylic acids is 1. The van der Waals surface area contributed by atoms with Gasteiger partial charge in [0.25, 0.3) is 0 Å². The lowest BCUT2D eigenvalue weighted by Gasteiger charge is -2.42. The SMILES string of the molecule is CCCCCCCCCCCCCCOC[C@@H](OCCCCCCCCCCCCCC)[C@@H](O)[C@H](O)[C@H](O)CO[C@@H]1O[C@H](CO)[C@@H](O)[C@H](O)[C@H]1NC(C)=O. The highest BCUT2D eigenvalue weighted by Gasteiger charge is 2.46. The molecule has 0 aromatic rings. The van der Waals surface area contributed by atoms with E-state index in [0.717, 1.165) is 38.5 Å². The van der Waals surface area contributed by atoms with E-state index >= 15 is 0 Å². The van der Waals surface area contributed by atoms with E-state index in [0.29, 0.717) is 13.2 Å². The van der Waals surface area contributed by atoms with Crippen LogP contribution in [0.5, 0.6) is 0 Å². The van der Waals surface area contributed by atoms with Crippen molar-refractivity contribution in [3.05, 3.63) is 0 Å². The second-order valence-electron chi connectivity index (χ2n) is 15.6. The topological polar surface area (TPSA) is 187 Å². The Morgan fingerprint density at radius 3 is 1.52 bits per heavy atom. The Morgan fingerprint density at radius 1 is 0.630 bits per heavy atom. The highest BCUT2D eigenvalue weighted by atomic mass is 16.7. The fourth-order valence-corrected chi connectivity index (χ4v) is 7.02. The maximum absolute atomic E-state index is 11.7. The third-order valence-corrected chi connectivity index (χ3v) is 10.6. The lowest BCUT2D eigenvalue weighted by molar-refractivity contribution is -0.278. The fraction of sp³-hybridized carbons (Fsp3) is 0.976. The van der Waals surface area contributed by atoms with Crippen LogP contribution in [0.3, 0.4) is 0 Å². The quantitative estimate of drug-likeness (QED) is 0.0376. The molecule has 0 unspecified atom stereocenters. The van der Waals surface area contributed by atoms with Gasteiger partial charge in [0.15, 0.2) is 6.29 Å². The fourth-order valence-electron chi connectivity index (χ4n) is 7.02. The number of ether oxygens (including phenoxy) is 4. The van der Waals surface area contributed by atoms with E-state index in [2.05, 4.69) is 19.2 Å². The molecule has 0 radical (unpaired) electrons. The summed E-state index contributed by atoms with van der Waals surface area (Å²) in [6.45, 7) is 5.50. The standard InChI is InChI=1S/C42H83NO11/c1-4-6-8-10-12-14-16-18-20-22-24-26-28-51-32-36(52-29-27-25-23-21-19-17-15-13-11-9-7-5-2)40(49)38(47)34(46)31-53-42-37(43-33(3)45)41(50)39(48)35(30-44)54-42/h34-42,44,46-50H,4-32H2,1-3H3,(H,43,45)/t34-,35-,36-,37-,38-,39-,40-,41-,42-/m1/s1. The molecule has 0 aromatic carbocycles. The van der Waals surface area contributed by atoms with Gasteiger partial charge in [0.1, 0.15) is 48.8 Å². The van der Waals surface area contributed by atoms with Crippen molar-refractivity contribution in [2.45, 2.75) is 230 Å². The van der Waals surface area contributed by atoms with Crippen LogP contribution in [0.4, 0.5) is 0 Å². The second kappa shape index (κ2) is 34.1. The number of unbranched alkanes of at least 4 members (excludes halogenated alkanes) is 22. The average molecular weight is 778 g/mol. The second-order valence-corrected chi connectivity index (χ2v) is 15.6. The number of nitrogens with one attached hydrogen (secondary N) is 1. The molecule has 1 aliphatic heterocycles. The molecule has 0 aromatic heterocycles. The molecule has 0 spiro atoms. The van der Waals surface area contributed by atoms with E-state index in [-0.39, 0.29) is 6.61 Å². The predicted octanol–water partition coefficient (Wildman–Crippen LogP) is 5.83. The van der Waals surface area contributed by atoms with Crippen molar-refractivity contribution in [1.82, 2.24) is 5.32 Å². The average Bonchev–Trinajstić information content (AvgIpc) is 3.16. The number of hydrogen-bond acceptors (Lipinski definition) is 11. The molecule has 1 aliphatic rings. The Labute approximate surface area is 328 Å². The first-order chi connectivity index (χ1) is 26.2. The summed E-state index contributed by atoms with van der Waals surface area (Å²) in [5.74, 6) is -0.515. The molecule has 322 valence electrons. The van der Waals surface area contributed by atoms with Crippen molar-refractivity contribution in [1.29, 1.82) is 0 Å². The molecule has 12 nitrogen and oxygen atoms in total. The molecular weight excluding hydrogens is 694 g/mol. The summed E-state index contributed by atoms with van der Waals surface area (Å²) < 4.78 is 23.1. The number of rotatable bonds is 37. The van der Waals surface area contributed by atoms with Crippen LogP contribution >= 0.6 is 0 Å². The van der Waals surface area contributed by atoms with Gasteiger partial charge in [0.2, 0.25) is 5.91 Å². The van der Waals surface area contributed by atoms with Crippen LogP contribution in [0, 0.1) is 0 Å². The van der Waals surface area contributed by atoms with Crippen molar-refractivity contribution in [2.75, 3.05) is 33.0 Å². The predicted molar refractivity (Wildman–Crippen MR) is 212 cm³/mol. The van der Waals surface area contributed by atoms with Gasteiger partial charge in [-0.15, -0.1) is 0 Å². The lowest BCUT2D eigenvalue weighted by atomic mass is 9.97. The van der Waals surface area contributed by atoms with Crippen molar-refractivity contribution < 1.29 is 54.4 Å². The summed E-state index contributed by atoms with van der Waals surface area (Å²) in [7, 11) is 0. The normalized spacial score (nSPS) is 22.6. The summed E-state index contributed by atoms with van der Waals surface area (Å²) in [5.41, 5.74) is 0. The maximum atomic E-state index is 11.7. The summed E-state index contributed by atoms with van der Waals surface area (Å²) in [4.78, 5) is 11.7. The van der Waals surface area contributed by atoms with E-state index in [1.807, 2.05) is 0 Å². The molecule has 1 fully saturated rings. The van der Waals surface area contributed by atoms with E-state index in [1.165, 1.54) is 122 Å². The highest BCUT2D eigenvalue weighted by Crippen LogP contribution is 2.23. The van der Waals surface area contributed by atoms with Gasteiger partial charge >= 0.3 is 0 Å². The zero-order valence-electron chi connectivity index (χ0n) is 34.4. The van der Waals surface area contributed by atoms with Gasteiger partial charge in [-0.25, -0.2) is 0 Å². The number of aliphatic hydroxyl groups excluding tert-OH is 6. The molecular formula is C42H83NO11. The van der Waals surface area contributed by atoms with Crippen LogP contribution in [-0.2, 0) is 23.7 Å². The van der Waals surface area contributed by atoms with Gasteiger partial charge in [0.05, 0.1) is 19.8 Å². The minimum atomic E-state index is -1.67. The van der Waals surface area contributed by atoms with Crippen molar-refractivity contribution in [2.24, 2.45) is 0 Å². The number of amides is 1. The Kier molecular flexibility index (Phi) is 32.3. The molecule has 1 amide bonds. The van der Waals surface area contributed by atoms with Crippen LogP contribution in [0.2, 0.25) is 0 Å². The number of aliphatic hydroxyl groups is 6. The van der Waals surface area contributed by atoms with E-state index in [4.69, 9.17) is 18.9 Å². The Bertz CT molecular complexity index is 855. The van der Waals surface area contributed by atoms with Gasteiger partial charge in [-0.1, -0.05) is 155 Å². The number of carbonyl (C=O) groups is 1. The summed E-state index contributed by atoms with van der Waals surface area (Å²) >= 11 is 0. The molecule has 0 saturated carbocycles. The van der Waals surface area contributed by atoms with Crippen LogP contribution in [-0.4, -0.2) is 125 Å². The summed E-state index contributed by atoms with van der Waals surface area (Å²) in [6.07, 6.45) is 18.3. The van der Waals surface area contributed by atoms with Crippen LogP contribution < -0.4 is 5.32 Å². The summed E-state index contributed by atoms with van der Waals surface area (Å²) in [5, 5.41) is 65.7. The van der Waals surface area contributed by atoms with Crippen LogP contribution in [0.25, 0.3) is 0 Å². The Hall–Kier alpha value is -0.930. The minimum absolute atomic E-state index is 0.0562. The van der Waals surface area contributed by atoms with E-state index in [9.17, 15) is 35.4 Å². The molecule has 1 saturated heterocycles.